The van der Waals surface area contributed by atoms with Gasteiger partial charge in [-0.3, -0.25) is 4.79 Å². The van der Waals surface area contributed by atoms with E-state index in [0.29, 0.717) is 25.6 Å². The minimum atomic E-state index is -0.0848. The topological polar surface area (TPSA) is 44.8 Å². The Morgan fingerprint density at radius 1 is 1.43 bits per heavy atom. The van der Waals surface area contributed by atoms with Gasteiger partial charge in [0, 0.05) is 18.9 Å². The number of methoxy groups -OCH3 is 1. The predicted molar refractivity (Wildman–Crippen MR) is 80.9 cm³/mol. The third kappa shape index (κ3) is 3.82. The maximum Gasteiger partial charge on any atom is 0.155 e. The van der Waals surface area contributed by atoms with Crippen LogP contribution in [-0.2, 0) is 19.0 Å². The molecule has 4 nitrogen and oxygen atoms in total. The van der Waals surface area contributed by atoms with E-state index < -0.39 is 0 Å². The van der Waals surface area contributed by atoms with Crippen LogP contribution >= 0.6 is 0 Å². The quantitative estimate of drug-likeness (QED) is 0.392. The van der Waals surface area contributed by atoms with Gasteiger partial charge in [0.1, 0.15) is 6.79 Å². The van der Waals surface area contributed by atoms with Gasteiger partial charge in [0.15, 0.2) is 5.78 Å². The first-order valence-corrected chi connectivity index (χ1v) is 7.74. The highest BCUT2D eigenvalue weighted by atomic mass is 16.7. The van der Waals surface area contributed by atoms with Crippen LogP contribution < -0.4 is 0 Å². The van der Waals surface area contributed by atoms with Crippen LogP contribution in [0.25, 0.3) is 0 Å². The highest BCUT2D eigenvalue weighted by Crippen LogP contribution is 2.50. The van der Waals surface area contributed by atoms with E-state index in [9.17, 15) is 4.79 Å². The fourth-order valence-electron chi connectivity index (χ4n) is 3.63. The monoisotopic (exact) mass is 294 g/mol. The summed E-state index contributed by atoms with van der Waals surface area (Å²) in [6, 6.07) is 0. The minimum Gasteiger partial charge on any atom is -0.382 e. The molecule has 0 radical (unpaired) electrons. The van der Waals surface area contributed by atoms with E-state index in [0.717, 1.165) is 25.7 Å². The Labute approximate surface area is 127 Å². The summed E-state index contributed by atoms with van der Waals surface area (Å²) in [6.07, 6.45) is 10.5. The molecule has 0 bridgehead atoms. The van der Waals surface area contributed by atoms with Crippen molar-refractivity contribution in [2.45, 2.75) is 38.2 Å². The molecule has 4 heteroatoms. The lowest BCUT2D eigenvalue weighted by Gasteiger charge is -2.48. The first-order valence-electron chi connectivity index (χ1n) is 7.74. The van der Waals surface area contributed by atoms with Crippen LogP contribution in [0, 0.1) is 11.3 Å². The summed E-state index contributed by atoms with van der Waals surface area (Å²) < 4.78 is 16.4. The molecule has 0 aromatic heterocycles. The van der Waals surface area contributed by atoms with Crippen molar-refractivity contribution in [2.75, 3.05) is 27.1 Å². The van der Waals surface area contributed by atoms with E-state index in [1.165, 1.54) is 0 Å². The number of carbonyl (C=O) groups is 1. The van der Waals surface area contributed by atoms with Crippen LogP contribution in [-0.4, -0.2) is 39.0 Å². The van der Waals surface area contributed by atoms with E-state index in [4.69, 9.17) is 14.2 Å². The molecule has 0 unspecified atom stereocenters. The minimum absolute atomic E-state index is 0.0848. The molecule has 3 atom stereocenters. The molecule has 0 aliphatic heterocycles. The molecule has 0 aromatic carbocycles. The summed E-state index contributed by atoms with van der Waals surface area (Å²) in [6.45, 7) is 5.28. The standard InChI is InChI=1S/C17H26O4/c1-3-8-17-9-7-15(18)12-14(17)5-4-6-16(17)21-13-20-11-10-19-2/h3,7,9,14,16H,1,4-6,8,10-13H2,2H3/t14-,16-,17-/m1/s1. The zero-order valence-electron chi connectivity index (χ0n) is 12.9. The molecule has 0 spiro atoms. The van der Waals surface area contributed by atoms with E-state index in [1.807, 2.05) is 6.08 Å². The molecule has 0 saturated heterocycles. The van der Waals surface area contributed by atoms with Crippen LogP contribution in [0.3, 0.4) is 0 Å². The molecule has 118 valence electrons. The number of carbonyl (C=O) groups excluding carboxylic acids is 1. The number of ketones is 1. The number of fused-ring (bicyclic) bond motifs is 1. The number of rotatable bonds is 8. The number of ether oxygens (including phenoxy) is 3. The maximum absolute atomic E-state index is 11.7. The second kappa shape index (κ2) is 7.87. The summed E-state index contributed by atoms with van der Waals surface area (Å²) in [5.41, 5.74) is -0.0848. The summed E-state index contributed by atoms with van der Waals surface area (Å²) in [5.74, 6) is 0.599. The molecule has 1 saturated carbocycles. The summed E-state index contributed by atoms with van der Waals surface area (Å²) in [4.78, 5) is 11.7. The molecule has 0 heterocycles. The van der Waals surface area contributed by atoms with Gasteiger partial charge in [-0.05, 0) is 31.3 Å². The van der Waals surface area contributed by atoms with Crippen LogP contribution in [0.15, 0.2) is 24.8 Å². The van der Waals surface area contributed by atoms with Crippen LogP contribution in [0.4, 0.5) is 0 Å². The summed E-state index contributed by atoms with van der Waals surface area (Å²) in [7, 11) is 1.65. The molecule has 2 aliphatic carbocycles. The molecule has 2 aliphatic rings. The largest absolute Gasteiger partial charge is 0.382 e. The summed E-state index contributed by atoms with van der Waals surface area (Å²) in [5, 5.41) is 0. The maximum atomic E-state index is 11.7. The van der Waals surface area contributed by atoms with Crippen LogP contribution in [0.5, 0.6) is 0 Å². The third-order valence-electron chi connectivity index (χ3n) is 4.69. The normalized spacial score (nSPS) is 32.0. The van der Waals surface area contributed by atoms with E-state index >= 15 is 0 Å². The second-order valence-electron chi connectivity index (χ2n) is 5.91. The van der Waals surface area contributed by atoms with Crippen molar-refractivity contribution in [3.05, 3.63) is 24.8 Å². The van der Waals surface area contributed by atoms with Crippen molar-refractivity contribution < 1.29 is 19.0 Å². The smallest absolute Gasteiger partial charge is 0.155 e. The number of hydrogen-bond acceptors (Lipinski definition) is 4. The van der Waals surface area contributed by atoms with Crippen LogP contribution in [0.1, 0.15) is 32.1 Å². The fourth-order valence-corrected chi connectivity index (χ4v) is 3.63. The van der Waals surface area contributed by atoms with Crippen molar-refractivity contribution in [2.24, 2.45) is 11.3 Å². The molecule has 0 N–H and O–H groups in total. The lowest BCUT2D eigenvalue weighted by Crippen LogP contribution is -2.47. The lowest BCUT2D eigenvalue weighted by atomic mass is 9.59. The van der Waals surface area contributed by atoms with E-state index in [-0.39, 0.29) is 24.1 Å². The molecule has 1 fully saturated rings. The van der Waals surface area contributed by atoms with Gasteiger partial charge >= 0.3 is 0 Å². The van der Waals surface area contributed by atoms with Gasteiger partial charge in [-0.2, -0.15) is 0 Å². The van der Waals surface area contributed by atoms with E-state index in [1.54, 1.807) is 13.2 Å². The zero-order chi connectivity index (χ0) is 15.1. The van der Waals surface area contributed by atoms with Crippen molar-refractivity contribution in [1.29, 1.82) is 0 Å². The van der Waals surface area contributed by atoms with Gasteiger partial charge in [-0.15, -0.1) is 6.58 Å². The molecule has 21 heavy (non-hydrogen) atoms. The number of hydrogen-bond donors (Lipinski definition) is 0. The Bertz CT molecular complexity index is 390. The molecular weight excluding hydrogens is 268 g/mol. The first kappa shape index (κ1) is 16.4. The van der Waals surface area contributed by atoms with E-state index in [2.05, 4.69) is 12.7 Å². The first-order chi connectivity index (χ1) is 10.2. The Hall–Kier alpha value is -0.970. The summed E-state index contributed by atoms with van der Waals surface area (Å²) >= 11 is 0. The average molecular weight is 294 g/mol. The molecular formula is C17H26O4. The number of allylic oxidation sites excluding steroid dienone is 2. The van der Waals surface area contributed by atoms with Gasteiger partial charge in [-0.1, -0.05) is 18.6 Å². The van der Waals surface area contributed by atoms with Gasteiger partial charge in [0.05, 0.1) is 19.3 Å². The van der Waals surface area contributed by atoms with Crippen molar-refractivity contribution in [3.63, 3.8) is 0 Å². The lowest BCUT2D eigenvalue weighted by molar-refractivity contribution is -0.153. The Kier molecular flexibility index (Phi) is 6.15. The van der Waals surface area contributed by atoms with Gasteiger partial charge in [0.25, 0.3) is 0 Å². The van der Waals surface area contributed by atoms with Gasteiger partial charge in [0.2, 0.25) is 0 Å². The third-order valence-corrected chi connectivity index (χ3v) is 4.69. The highest BCUT2D eigenvalue weighted by Gasteiger charge is 2.47. The van der Waals surface area contributed by atoms with Crippen molar-refractivity contribution in [1.82, 2.24) is 0 Å². The second-order valence-corrected chi connectivity index (χ2v) is 5.91. The molecule has 2 rings (SSSR count). The van der Waals surface area contributed by atoms with Gasteiger partial charge in [-0.25, -0.2) is 0 Å². The van der Waals surface area contributed by atoms with Crippen molar-refractivity contribution in [3.8, 4) is 0 Å². The van der Waals surface area contributed by atoms with Crippen molar-refractivity contribution >= 4 is 5.78 Å². The SMILES string of the molecule is C=CC[C@@]12C=CC(=O)C[C@H]1CCC[C@H]2OCOCCOC. The average Bonchev–Trinajstić information content (AvgIpc) is 2.48. The highest BCUT2D eigenvalue weighted by molar-refractivity contribution is 5.91. The Morgan fingerprint density at radius 3 is 3.05 bits per heavy atom. The Balaban J connectivity index is 2.02. The van der Waals surface area contributed by atoms with Gasteiger partial charge < -0.3 is 14.2 Å². The van der Waals surface area contributed by atoms with Crippen LogP contribution in [0.2, 0.25) is 0 Å². The molecule has 0 aromatic rings. The Morgan fingerprint density at radius 2 is 2.29 bits per heavy atom. The molecule has 0 amide bonds. The zero-order valence-corrected chi connectivity index (χ0v) is 12.9. The fraction of sp³-hybridized carbons (Fsp3) is 0.706. The predicted octanol–water partition coefficient (Wildman–Crippen LogP) is 2.88.